The van der Waals surface area contributed by atoms with Crippen molar-refractivity contribution in [2.75, 3.05) is 19.8 Å². The second-order valence-electron chi connectivity index (χ2n) is 4.07. The third-order valence-electron chi connectivity index (χ3n) is 2.68. The molecule has 1 fully saturated rings. The zero-order valence-electron chi connectivity index (χ0n) is 9.43. The van der Waals surface area contributed by atoms with Crippen molar-refractivity contribution in [3.63, 3.8) is 0 Å². The van der Waals surface area contributed by atoms with E-state index in [1.54, 1.807) is 6.07 Å². The van der Waals surface area contributed by atoms with E-state index >= 15 is 0 Å². The van der Waals surface area contributed by atoms with E-state index in [0.29, 0.717) is 29.4 Å². The van der Waals surface area contributed by atoms with Gasteiger partial charge in [-0.15, -0.1) is 0 Å². The molecule has 0 radical (unpaired) electrons. The fourth-order valence-electron chi connectivity index (χ4n) is 1.67. The van der Waals surface area contributed by atoms with Crippen LogP contribution >= 0.6 is 26.6 Å². The van der Waals surface area contributed by atoms with Crippen LogP contribution in [0.4, 0.5) is 0 Å². The van der Waals surface area contributed by atoms with Gasteiger partial charge in [-0.2, -0.15) is 0 Å². The van der Waals surface area contributed by atoms with Crippen LogP contribution in [0.25, 0.3) is 0 Å². The van der Waals surface area contributed by atoms with Gasteiger partial charge in [0.1, 0.15) is 5.75 Å². The van der Waals surface area contributed by atoms with Gasteiger partial charge in [-0.05, 0) is 40.5 Å². The third kappa shape index (κ3) is 3.60. The summed E-state index contributed by atoms with van der Waals surface area (Å²) in [6.07, 6.45) is 0.992. The molecule has 1 unspecified atom stereocenters. The normalized spacial score (nSPS) is 20.0. The Morgan fingerprint density at radius 3 is 2.83 bits per heavy atom. The van der Waals surface area contributed by atoms with Crippen molar-refractivity contribution in [3.05, 3.63) is 22.7 Å². The third-order valence-corrected chi connectivity index (χ3v) is 4.65. The van der Waals surface area contributed by atoms with Gasteiger partial charge >= 0.3 is 0 Å². The average molecular weight is 356 g/mol. The Labute approximate surface area is 119 Å². The highest BCUT2D eigenvalue weighted by molar-refractivity contribution is 9.10. The highest BCUT2D eigenvalue weighted by Gasteiger charge is 2.17. The minimum absolute atomic E-state index is 0.0487. The van der Waals surface area contributed by atoms with Gasteiger partial charge in [-0.3, -0.25) is 0 Å². The minimum Gasteiger partial charge on any atom is -0.492 e. The Morgan fingerprint density at radius 2 is 2.28 bits per heavy atom. The fraction of sp³-hybridized carbons (Fsp3) is 0.455. The summed E-state index contributed by atoms with van der Waals surface area (Å²) in [6.45, 7) is 2.05. The van der Waals surface area contributed by atoms with Crippen molar-refractivity contribution in [3.8, 4) is 5.75 Å². The molecule has 2 rings (SSSR count). The number of rotatable bonds is 4. The van der Waals surface area contributed by atoms with Crippen molar-refractivity contribution in [2.24, 2.45) is 5.92 Å². The molecule has 0 aromatic heterocycles. The lowest BCUT2D eigenvalue weighted by Crippen LogP contribution is -2.11. The van der Waals surface area contributed by atoms with E-state index in [9.17, 15) is 8.42 Å². The first-order valence-corrected chi connectivity index (χ1v) is 8.52. The second-order valence-corrected chi connectivity index (χ2v) is 7.49. The monoisotopic (exact) mass is 354 g/mol. The lowest BCUT2D eigenvalue weighted by Gasteiger charge is -2.12. The maximum Gasteiger partial charge on any atom is 0.261 e. The molecule has 7 heteroatoms. The lowest BCUT2D eigenvalue weighted by molar-refractivity contribution is 0.167. The van der Waals surface area contributed by atoms with Crippen LogP contribution < -0.4 is 4.74 Å². The second kappa shape index (κ2) is 5.77. The van der Waals surface area contributed by atoms with Crippen molar-refractivity contribution >= 4 is 35.7 Å². The van der Waals surface area contributed by atoms with E-state index < -0.39 is 9.05 Å². The molecule has 1 aliphatic rings. The van der Waals surface area contributed by atoms with Crippen LogP contribution in [0.2, 0.25) is 0 Å². The molecule has 0 bridgehead atoms. The van der Waals surface area contributed by atoms with Gasteiger partial charge in [-0.25, -0.2) is 8.42 Å². The van der Waals surface area contributed by atoms with Gasteiger partial charge in [-0.1, -0.05) is 0 Å². The van der Waals surface area contributed by atoms with Crippen LogP contribution in [0.5, 0.6) is 5.75 Å². The molecule has 1 heterocycles. The first-order chi connectivity index (χ1) is 8.47. The number of halogens is 2. The zero-order valence-corrected chi connectivity index (χ0v) is 12.6. The van der Waals surface area contributed by atoms with E-state index in [4.69, 9.17) is 20.2 Å². The molecule has 0 spiro atoms. The average Bonchev–Trinajstić information content (AvgIpc) is 2.79. The van der Waals surface area contributed by atoms with Crippen molar-refractivity contribution in [1.82, 2.24) is 0 Å². The summed E-state index contributed by atoms with van der Waals surface area (Å²) in [5, 5.41) is 0. The van der Waals surface area contributed by atoms with E-state index in [-0.39, 0.29) is 4.90 Å². The topological polar surface area (TPSA) is 52.6 Å². The Bertz CT molecular complexity index is 526. The molecule has 4 nitrogen and oxygen atoms in total. The van der Waals surface area contributed by atoms with Gasteiger partial charge in [0.05, 0.1) is 22.6 Å². The Hall–Kier alpha value is -0.300. The first-order valence-electron chi connectivity index (χ1n) is 5.41. The number of benzene rings is 1. The van der Waals surface area contributed by atoms with Gasteiger partial charge in [0.2, 0.25) is 0 Å². The van der Waals surface area contributed by atoms with Crippen LogP contribution in [-0.4, -0.2) is 28.2 Å². The summed E-state index contributed by atoms with van der Waals surface area (Å²) < 4.78 is 33.7. The summed E-state index contributed by atoms with van der Waals surface area (Å²) in [5.74, 6) is 0.999. The van der Waals surface area contributed by atoms with Crippen molar-refractivity contribution < 1.29 is 17.9 Å². The van der Waals surface area contributed by atoms with Crippen LogP contribution in [0.15, 0.2) is 27.6 Å². The number of hydrogen-bond acceptors (Lipinski definition) is 4. The standard InChI is InChI=1S/C11H12BrClO4S/c12-10-5-9(18(13,14)15)1-2-11(10)17-7-8-3-4-16-6-8/h1-2,5,8H,3-4,6-7H2. The Morgan fingerprint density at radius 1 is 1.50 bits per heavy atom. The molecular formula is C11H12BrClO4S. The maximum atomic E-state index is 11.2. The fourth-order valence-corrected chi connectivity index (χ4v) is 3.09. The summed E-state index contributed by atoms with van der Waals surface area (Å²) in [6, 6.07) is 4.45. The van der Waals surface area contributed by atoms with E-state index in [1.807, 2.05) is 0 Å². The van der Waals surface area contributed by atoms with Gasteiger partial charge < -0.3 is 9.47 Å². The molecule has 0 amide bonds. The maximum absolute atomic E-state index is 11.2. The molecule has 0 saturated carbocycles. The molecule has 18 heavy (non-hydrogen) atoms. The smallest absolute Gasteiger partial charge is 0.261 e. The van der Waals surface area contributed by atoms with Crippen LogP contribution in [0, 0.1) is 5.92 Å². The minimum atomic E-state index is -3.71. The van der Waals surface area contributed by atoms with Gasteiger partial charge in [0.25, 0.3) is 9.05 Å². The quantitative estimate of drug-likeness (QED) is 0.779. The Kier molecular flexibility index (Phi) is 4.53. The van der Waals surface area contributed by atoms with Crippen LogP contribution in [0.3, 0.4) is 0 Å². The van der Waals surface area contributed by atoms with Crippen molar-refractivity contribution in [1.29, 1.82) is 0 Å². The molecule has 1 saturated heterocycles. The summed E-state index contributed by atoms with van der Waals surface area (Å²) in [4.78, 5) is 0.0487. The predicted molar refractivity (Wildman–Crippen MR) is 71.6 cm³/mol. The molecule has 1 atom stereocenters. The SMILES string of the molecule is O=S(=O)(Cl)c1ccc(OCC2CCOC2)c(Br)c1. The molecular weight excluding hydrogens is 344 g/mol. The number of hydrogen-bond donors (Lipinski definition) is 0. The molecule has 0 aliphatic carbocycles. The van der Waals surface area contributed by atoms with Crippen LogP contribution in [-0.2, 0) is 13.8 Å². The van der Waals surface area contributed by atoms with Gasteiger partial charge in [0.15, 0.2) is 0 Å². The van der Waals surface area contributed by atoms with Crippen molar-refractivity contribution in [2.45, 2.75) is 11.3 Å². The molecule has 1 aromatic carbocycles. The predicted octanol–water partition coefficient (Wildman–Crippen LogP) is 2.79. The molecule has 0 N–H and O–H groups in total. The molecule has 1 aromatic rings. The molecule has 1 aliphatic heterocycles. The van der Waals surface area contributed by atoms with E-state index in [1.165, 1.54) is 12.1 Å². The highest BCUT2D eigenvalue weighted by atomic mass is 79.9. The van der Waals surface area contributed by atoms with Crippen LogP contribution in [0.1, 0.15) is 6.42 Å². The molecule has 100 valence electrons. The first kappa shape index (κ1) is 14.1. The number of ether oxygens (including phenoxy) is 2. The summed E-state index contributed by atoms with van der Waals surface area (Å²) >= 11 is 3.27. The Balaban J connectivity index is 2.05. The van der Waals surface area contributed by atoms with E-state index in [0.717, 1.165) is 13.0 Å². The summed E-state index contributed by atoms with van der Waals surface area (Å²) in [5.41, 5.74) is 0. The zero-order chi connectivity index (χ0) is 13.2. The largest absolute Gasteiger partial charge is 0.492 e. The highest BCUT2D eigenvalue weighted by Crippen LogP contribution is 2.29. The summed E-state index contributed by atoms with van der Waals surface area (Å²) in [7, 11) is 1.55. The van der Waals surface area contributed by atoms with E-state index in [2.05, 4.69) is 15.9 Å². The lowest BCUT2D eigenvalue weighted by atomic mass is 10.1. The van der Waals surface area contributed by atoms with Gasteiger partial charge in [0, 0.05) is 23.2 Å².